The first-order valence-corrected chi connectivity index (χ1v) is 15.0. The van der Waals surface area contributed by atoms with E-state index in [1.165, 1.54) is 6.92 Å². The lowest BCUT2D eigenvalue weighted by Gasteiger charge is -2.34. The van der Waals surface area contributed by atoms with Crippen molar-refractivity contribution in [3.63, 3.8) is 0 Å². The summed E-state index contributed by atoms with van der Waals surface area (Å²) in [4.78, 5) is 36.4. The van der Waals surface area contributed by atoms with Crippen LogP contribution in [0.5, 0.6) is 11.8 Å². The summed E-state index contributed by atoms with van der Waals surface area (Å²) in [5.41, 5.74) is 9.19. The fourth-order valence-electron chi connectivity index (χ4n) is 5.16. The maximum Gasteiger partial charge on any atom is 0.320 e. The highest BCUT2D eigenvalue weighted by atomic mass is 16.5. The number of carbonyl (C=O) groups excluding carboxylic acids is 1. The maximum absolute atomic E-state index is 11.9. The van der Waals surface area contributed by atoms with E-state index in [4.69, 9.17) is 20.3 Å². The Morgan fingerprint density at radius 3 is 2.59 bits per heavy atom. The fourth-order valence-corrected chi connectivity index (χ4v) is 5.16. The zero-order chi connectivity index (χ0) is 31.6. The molecule has 1 saturated heterocycles. The number of nitrogens with two attached hydrogens (primary N) is 1. The Hall–Kier alpha value is -4.41. The van der Waals surface area contributed by atoms with Crippen LogP contribution in [0.25, 0.3) is 11.0 Å². The molecule has 4 rings (SSSR count). The van der Waals surface area contributed by atoms with Gasteiger partial charge in [0.1, 0.15) is 23.3 Å². The van der Waals surface area contributed by atoms with E-state index >= 15 is 0 Å². The van der Waals surface area contributed by atoms with Crippen molar-refractivity contribution >= 4 is 28.7 Å². The summed E-state index contributed by atoms with van der Waals surface area (Å²) in [5.74, 6) is -0.889. The standard InChI is InChI=1S/C31H42N8O5/c1-4-5-14-44-31-35-28(33)25-17-24(18-32)39(29(25)36-31)20-23-7-6-22(16-26(23)43-3)19-38-12-10-37(11-13-38)9-8-34-27(40)15-21(2)30(41)42/h6-7,16-17,21H,4-5,8-15,19-20H2,1-3H3,(H,34,40)(H,41,42)(H2,33,35,36). The molecule has 1 aliphatic heterocycles. The number of fused-ring (bicyclic) bond motifs is 1. The average molecular weight is 607 g/mol. The number of carboxylic acids is 1. The third kappa shape index (κ3) is 8.36. The van der Waals surface area contributed by atoms with Crippen molar-refractivity contribution in [2.24, 2.45) is 5.92 Å². The number of anilines is 1. The zero-order valence-corrected chi connectivity index (χ0v) is 25.7. The SMILES string of the molecule is CCCCOc1nc(N)c2cc(C#N)n(Cc3ccc(CN4CCN(CCNC(=O)CC(C)C(=O)O)CC4)cc3OC)c2n1. The first-order chi connectivity index (χ1) is 21.2. The molecular weight excluding hydrogens is 564 g/mol. The number of nitrogens with one attached hydrogen (secondary N) is 1. The van der Waals surface area contributed by atoms with Crippen molar-refractivity contribution in [1.29, 1.82) is 5.26 Å². The minimum Gasteiger partial charge on any atom is -0.496 e. The monoisotopic (exact) mass is 606 g/mol. The van der Waals surface area contributed by atoms with Gasteiger partial charge in [-0.2, -0.15) is 15.2 Å². The third-order valence-electron chi connectivity index (χ3n) is 7.82. The Morgan fingerprint density at radius 1 is 1.16 bits per heavy atom. The van der Waals surface area contributed by atoms with Gasteiger partial charge in [-0.05, 0) is 24.1 Å². The lowest BCUT2D eigenvalue weighted by atomic mass is 10.1. The van der Waals surface area contributed by atoms with Crippen LogP contribution in [0.3, 0.4) is 0 Å². The van der Waals surface area contributed by atoms with Gasteiger partial charge in [0, 0.05) is 57.8 Å². The average Bonchev–Trinajstić information content (AvgIpc) is 3.36. The Kier molecular flexibility index (Phi) is 11.3. The summed E-state index contributed by atoms with van der Waals surface area (Å²) < 4.78 is 13.3. The number of carboxylic acid groups (broad SMARTS) is 1. The zero-order valence-electron chi connectivity index (χ0n) is 25.7. The molecule has 3 aromatic rings. The van der Waals surface area contributed by atoms with Crippen molar-refractivity contribution in [3.8, 4) is 17.8 Å². The van der Waals surface area contributed by atoms with Gasteiger partial charge in [0.2, 0.25) is 5.91 Å². The molecule has 0 saturated carbocycles. The topological polar surface area (TPSA) is 172 Å². The van der Waals surface area contributed by atoms with E-state index in [0.29, 0.717) is 36.4 Å². The minimum atomic E-state index is -0.964. The van der Waals surface area contributed by atoms with Crippen LogP contribution < -0.4 is 20.5 Å². The summed E-state index contributed by atoms with van der Waals surface area (Å²) in [6.45, 7) is 10.00. The van der Waals surface area contributed by atoms with Crippen molar-refractivity contribution in [3.05, 3.63) is 41.1 Å². The van der Waals surface area contributed by atoms with Crippen molar-refractivity contribution < 1.29 is 24.2 Å². The van der Waals surface area contributed by atoms with Crippen LogP contribution in [0, 0.1) is 17.2 Å². The molecular formula is C31H42N8O5. The number of aromatic nitrogens is 3. The van der Waals surface area contributed by atoms with Gasteiger partial charge in [-0.1, -0.05) is 32.4 Å². The van der Waals surface area contributed by atoms with Crippen molar-refractivity contribution in [2.75, 3.05) is 58.7 Å². The molecule has 1 fully saturated rings. The van der Waals surface area contributed by atoms with Gasteiger partial charge >= 0.3 is 12.0 Å². The number of nitrogen functional groups attached to an aromatic ring is 1. The summed E-state index contributed by atoms with van der Waals surface area (Å²) in [6.07, 6.45) is 1.85. The second-order valence-corrected chi connectivity index (χ2v) is 11.1. The maximum atomic E-state index is 11.9. The lowest BCUT2D eigenvalue weighted by Crippen LogP contribution is -2.48. The van der Waals surface area contributed by atoms with Crippen LogP contribution in [0.4, 0.5) is 5.82 Å². The number of amides is 1. The predicted octanol–water partition coefficient (Wildman–Crippen LogP) is 2.47. The summed E-state index contributed by atoms with van der Waals surface area (Å²) in [6, 6.07) is 10.3. The number of hydrogen-bond donors (Lipinski definition) is 3. The number of benzene rings is 1. The highest BCUT2D eigenvalue weighted by Crippen LogP contribution is 2.28. The van der Waals surface area contributed by atoms with Crippen LogP contribution in [0.15, 0.2) is 24.3 Å². The number of rotatable bonds is 15. The molecule has 236 valence electrons. The number of nitrogens with zero attached hydrogens (tertiary/aromatic N) is 6. The molecule has 1 aliphatic rings. The number of methoxy groups -OCH3 is 1. The predicted molar refractivity (Wildman–Crippen MR) is 165 cm³/mol. The Bertz CT molecular complexity index is 1490. The molecule has 0 bridgehead atoms. The molecule has 0 spiro atoms. The van der Waals surface area contributed by atoms with E-state index in [2.05, 4.69) is 44.1 Å². The van der Waals surface area contributed by atoms with E-state index in [-0.39, 0.29) is 24.2 Å². The van der Waals surface area contributed by atoms with Crippen molar-refractivity contribution in [1.82, 2.24) is 29.7 Å². The van der Waals surface area contributed by atoms with Crippen LogP contribution in [-0.2, 0) is 22.7 Å². The smallest absolute Gasteiger partial charge is 0.320 e. The highest BCUT2D eigenvalue weighted by molar-refractivity contribution is 5.88. The second-order valence-electron chi connectivity index (χ2n) is 11.1. The number of hydrogen-bond acceptors (Lipinski definition) is 10. The largest absolute Gasteiger partial charge is 0.496 e. The van der Waals surface area contributed by atoms with Crippen LogP contribution in [0.1, 0.15) is 49.9 Å². The molecule has 3 heterocycles. The number of aliphatic carboxylic acids is 1. The third-order valence-corrected chi connectivity index (χ3v) is 7.82. The first kappa shape index (κ1) is 32.5. The number of nitriles is 1. The molecule has 0 radical (unpaired) electrons. The minimum absolute atomic E-state index is 0.00904. The van der Waals surface area contributed by atoms with Gasteiger partial charge in [0.25, 0.3) is 0 Å². The van der Waals surface area contributed by atoms with Gasteiger partial charge in [0.05, 0.1) is 31.6 Å². The van der Waals surface area contributed by atoms with Crippen molar-refractivity contribution in [2.45, 2.75) is 46.2 Å². The van der Waals surface area contributed by atoms with E-state index < -0.39 is 11.9 Å². The number of piperazine rings is 1. The number of unbranched alkanes of at least 4 members (excludes halogenated alkanes) is 1. The number of carbonyl (C=O) groups is 2. The summed E-state index contributed by atoms with van der Waals surface area (Å²) in [5, 5.41) is 22.2. The number of ether oxygens (including phenoxy) is 2. The molecule has 44 heavy (non-hydrogen) atoms. The summed E-state index contributed by atoms with van der Waals surface area (Å²) in [7, 11) is 1.64. The lowest BCUT2D eigenvalue weighted by molar-refractivity contribution is -0.143. The molecule has 0 aliphatic carbocycles. The van der Waals surface area contributed by atoms with E-state index in [1.54, 1.807) is 13.2 Å². The van der Waals surface area contributed by atoms with Gasteiger partial charge in [-0.3, -0.25) is 19.4 Å². The van der Waals surface area contributed by atoms with Crippen LogP contribution >= 0.6 is 0 Å². The molecule has 4 N–H and O–H groups in total. The normalized spacial score (nSPS) is 14.7. The summed E-state index contributed by atoms with van der Waals surface area (Å²) >= 11 is 0. The second kappa shape index (κ2) is 15.4. The van der Waals surface area contributed by atoms with Gasteiger partial charge in [-0.25, -0.2) is 0 Å². The molecule has 1 unspecified atom stereocenters. The van der Waals surface area contributed by atoms with Crippen LogP contribution in [0.2, 0.25) is 0 Å². The molecule has 1 aromatic carbocycles. The van der Waals surface area contributed by atoms with Gasteiger partial charge < -0.3 is 30.2 Å². The molecule has 1 atom stereocenters. The van der Waals surface area contributed by atoms with Gasteiger partial charge in [0.15, 0.2) is 5.65 Å². The highest BCUT2D eigenvalue weighted by Gasteiger charge is 2.20. The molecule has 2 aromatic heterocycles. The van der Waals surface area contributed by atoms with Crippen LogP contribution in [-0.4, -0.2) is 94.3 Å². The van der Waals surface area contributed by atoms with Gasteiger partial charge in [-0.15, -0.1) is 0 Å². The Morgan fingerprint density at radius 2 is 1.91 bits per heavy atom. The Balaban J connectivity index is 1.35. The molecule has 13 nitrogen and oxygen atoms in total. The molecule has 13 heteroatoms. The van der Waals surface area contributed by atoms with E-state index in [0.717, 1.165) is 69.0 Å². The first-order valence-electron chi connectivity index (χ1n) is 15.0. The van der Waals surface area contributed by atoms with E-state index in [1.807, 2.05) is 16.7 Å². The Labute approximate surface area is 257 Å². The molecule has 1 amide bonds. The van der Waals surface area contributed by atoms with E-state index in [9.17, 15) is 14.9 Å². The fraction of sp³-hybridized carbons (Fsp3) is 0.516. The quantitative estimate of drug-likeness (QED) is 0.217.